The van der Waals surface area contributed by atoms with E-state index in [0.717, 1.165) is 5.56 Å². The molecule has 0 bridgehead atoms. The van der Waals surface area contributed by atoms with Crippen LogP contribution in [0.3, 0.4) is 0 Å². The Morgan fingerprint density at radius 3 is 2.44 bits per heavy atom. The normalized spacial score (nSPS) is 15.3. The number of carbonyl (C=O) groups is 2. The summed E-state index contributed by atoms with van der Waals surface area (Å²) in [6, 6.07) is 6.94. The molecule has 0 aromatic heterocycles. The van der Waals surface area contributed by atoms with Crippen LogP contribution < -0.4 is 5.11 Å². The van der Waals surface area contributed by atoms with Crippen LogP contribution in [-0.2, 0) is 11.3 Å². The van der Waals surface area contributed by atoms with Gasteiger partial charge in [0, 0.05) is 24.7 Å². The SMILES string of the molecule is O=C([O-])CN1CCN(Cc2ccc(Cl)cc2)C1=O. The number of nitrogens with zero attached hydrogens (tertiary/aromatic N) is 2. The first-order valence-corrected chi connectivity index (χ1v) is 5.92. The van der Waals surface area contributed by atoms with Gasteiger partial charge in [0.05, 0.1) is 12.5 Å². The van der Waals surface area contributed by atoms with E-state index < -0.39 is 5.97 Å². The highest BCUT2D eigenvalue weighted by molar-refractivity contribution is 6.30. The van der Waals surface area contributed by atoms with Crippen molar-refractivity contribution in [3.05, 3.63) is 34.9 Å². The number of urea groups is 1. The van der Waals surface area contributed by atoms with Crippen molar-refractivity contribution in [2.45, 2.75) is 6.54 Å². The summed E-state index contributed by atoms with van der Waals surface area (Å²) in [5.74, 6) is -1.24. The van der Waals surface area contributed by atoms with Gasteiger partial charge in [0.15, 0.2) is 0 Å². The fraction of sp³-hybridized carbons (Fsp3) is 0.333. The molecule has 6 heteroatoms. The van der Waals surface area contributed by atoms with Gasteiger partial charge >= 0.3 is 6.03 Å². The molecule has 0 radical (unpaired) electrons. The summed E-state index contributed by atoms with van der Waals surface area (Å²) in [5.41, 5.74) is 0.961. The molecule has 1 aromatic carbocycles. The molecular weight excluding hydrogens is 256 g/mol. The van der Waals surface area contributed by atoms with Crippen LogP contribution in [0.4, 0.5) is 4.79 Å². The third-order valence-electron chi connectivity index (χ3n) is 2.79. The topological polar surface area (TPSA) is 63.7 Å². The molecule has 1 heterocycles. The minimum absolute atomic E-state index is 0.269. The van der Waals surface area contributed by atoms with Crippen LogP contribution in [0.5, 0.6) is 0 Å². The van der Waals surface area contributed by atoms with Gasteiger partial charge in [-0.3, -0.25) is 0 Å². The predicted octanol–water partition coefficient (Wildman–Crippen LogP) is 0.327. The highest BCUT2D eigenvalue weighted by Gasteiger charge is 2.27. The van der Waals surface area contributed by atoms with Crippen LogP contribution in [0.15, 0.2) is 24.3 Å². The Morgan fingerprint density at radius 1 is 1.22 bits per heavy atom. The minimum atomic E-state index is -1.24. The molecular formula is C12H12ClN2O3-. The summed E-state index contributed by atoms with van der Waals surface area (Å²) < 4.78 is 0. The fourth-order valence-electron chi connectivity index (χ4n) is 1.89. The zero-order valence-corrected chi connectivity index (χ0v) is 10.4. The molecule has 0 spiro atoms. The summed E-state index contributed by atoms with van der Waals surface area (Å²) in [5, 5.41) is 11.1. The second kappa shape index (κ2) is 5.27. The number of carboxylic acids is 1. The van der Waals surface area contributed by atoms with E-state index in [1.54, 1.807) is 17.0 Å². The van der Waals surface area contributed by atoms with E-state index in [0.29, 0.717) is 24.7 Å². The first kappa shape index (κ1) is 12.7. The van der Waals surface area contributed by atoms with Gasteiger partial charge < -0.3 is 19.7 Å². The monoisotopic (exact) mass is 267 g/mol. The van der Waals surface area contributed by atoms with Gasteiger partial charge in [-0.15, -0.1) is 0 Å². The summed E-state index contributed by atoms with van der Waals surface area (Å²) in [7, 11) is 0. The number of carboxylic acid groups (broad SMARTS) is 1. The molecule has 2 amide bonds. The third kappa shape index (κ3) is 2.92. The van der Waals surface area contributed by atoms with Crippen molar-refractivity contribution in [2.75, 3.05) is 19.6 Å². The fourth-order valence-corrected chi connectivity index (χ4v) is 2.02. The van der Waals surface area contributed by atoms with E-state index in [-0.39, 0.29) is 12.6 Å². The number of rotatable bonds is 4. The van der Waals surface area contributed by atoms with Gasteiger partial charge in [-0.25, -0.2) is 4.79 Å². The van der Waals surface area contributed by atoms with Crippen molar-refractivity contribution >= 4 is 23.6 Å². The van der Waals surface area contributed by atoms with E-state index in [4.69, 9.17) is 11.6 Å². The van der Waals surface area contributed by atoms with Crippen molar-refractivity contribution in [3.8, 4) is 0 Å². The van der Waals surface area contributed by atoms with E-state index >= 15 is 0 Å². The zero-order valence-electron chi connectivity index (χ0n) is 9.63. The van der Waals surface area contributed by atoms with Crippen LogP contribution in [0.2, 0.25) is 5.02 Å². The number of hydrogen-bond acceptors (Lipinski definition) is 3. The number of amides is 2. The molecule has 0 unspecified atom stereocenters. The van der Waals surface area contributed by atoms with E-state index in [9.17, 15) is 14.7 Å². The quantitative estimate of drug-likeness (QED) is 0.790. The van der Waals surface area contributed by atoms with Crippen LogP contribution in [0.25, 0.3) is 0 Å². The van der Waals surface area contributed by atoms with Crippen LogP contribution in [0.1, 0.15) is 5.56 Å². The molecule has 0 atom stereocenters. The van der Waals surface area contributed by atoms with Gasteiger partial charge in [0.1, 0.15) is 0 Å². The molecule has 1 aromatic rings. The minimum Gasteiger partial charge on any atom is -0.548 e. The lowest BCUT2D eigenvalue weighted by Crippen LogP contribution is -2.40. The van der Waals surface area contributed by atoms with Crippen molar-refractivity contribution in [1.82, 2.24) is 9.80 Å². The molecule has 5 nitrogen and oxygen atoms in total. The number of hydrogen-bond donors (Lipinski definition) is 0. The molecule has 0 N–H and O–H groups in total. The van der Waals surface area contributed by atoms with Crippen LogP contribution >= 0.6 is 11.6 Å². The molecule has 18 heavy (non-hydrogen) atoms. The van der Waals surface area contributed by atoms with Crippen LogP contribution in [-0.4, -0.2) is 41.4 Å². The number of aliphatic carboxylic acids is 1. The van der Waals surface area contributed by atoms with Gasteiger partial charge in [0.25, 0.3) is 0 Å². The van der Waals surface area contributed by atoms with Gasteiger partial charge in [-0.2, -0.15) is 0 Å². The highest BCUT2D eigenvalue weighted by atomic mass is 35.5. The lowest BCUT2D eigenvalue weighted by Gasteiger charge is -2.19. The zero-order chi connectivity index (χ0) is 13.1. The van der Waals surface area contributed by atoms with Crippen molar-refractivity contribution in [2.24, 2.45) is 0 Å². The molecule has 96 valence electrons. The maximum absolute atomic E-state index is 11.8. The smallest absolute Gasteiger partial charge is 0.320 e. The van der Waals surface area contributed by atoms with Crippen LogP contribution in [0, 0.1) is 0 Å². The Labute approximate surface area is 110 Å². The molecule has 1 saturated heterocycles. The second-order valence-electron chi connectivity index (χ2n) is 4.12. The van der Waals surface area contributed by atoms with Crippen molar-refractivity contribution < 1.29 is 14.7 Å². The molecule has 2 rings (SSSR count). The number of benzene rings is 1. The van der Waals surface area contributed by atoms with Gasteiger partial charge in [0.2, 0.25) is 0 Å². The van der Waals surface area contributed by atoms with Crippen molar-refractivity contribution in [3.63, 3.8) is 0 Å². The Morgan fingerprint density at radius 2 is 1.83 bits per heavy atom. The first-order valence-electron chi connectivity index (χ1n) is 5.54. The summed E-state index contributed by atoms with van der Waals surface area (Å²) in [6.45, 7) is 1.05. The summed E-state index contributed by atoms with van der Waals surface area (Å²) >= 11 is 5.78. The average molecular weight is 268 g/mol. The highest BCUT2D eigenvalue weighted by Crippen LogP contribution is 2.15. The third-order valence-corrected chi connectivity index (χ3v) is 3.04. The Hall–Kier alpha value is -1.75. The molecule has 0 saturated carbocycles. The van der Waals surface area contributed by atoms with Gasteiger partial charge in [-0.1, -0.05) is 23.7 Å². The second-order valence-corrected chi connectivity index (χ2v) is 4.56. The molecule has 1 fully saturated rings. The maximum Gasteiger partial charge on any atom is 0.320 e. The summed E-state index contributed by atoms with van der Waals surface area (Å²) in [6.07, 6.45) is 0. The van der Waals surface area contributed by atoms with E-state index in [1.165, 1.54) is 4.90 Å². The maximum atomic E-state index is 11.8. The molecule has 1 aliphatic heterocycles. The van der Waals surface area contributed by atoms with E-state index in [2.05, 4.69) is 0 Å². The number of halogens is 1. The Balaban J connectivity index is 1.97. The van der Waals surface area contributed by atoms with Gasteiger partial charge in [-0.05, 0) is 17.7 Å². The lowest BCUT2D eigenvalue weighted by molar-refractivity contribution is -0.305. The van der Waals surface area contributed by atoms with Crippen molar-refractivity contribution in [1.29, 1.82) is 0 Å². The lowest BCUT2D eigenvalue weighted by atomic mass is 10.2. The van der Waals surface area contributed by atoms with E-state index in [1.807, 2.05) is 12.1 Å². The first-order chi connectivity index (χ1) is 8.56. The predicted molar refractivity (Wildman–Crippen MR) is 63.8 cm³/mol. The molecule has 1 aliphatic rings. The Bertz CT molecular complexity index is 461. The standard InChI is InChI=1S/C12H13ClN2O3/c13-10-3-1-9(2-4-10)7-14-5-6-15(12(14)18)8-11(16)17/h1-4H,5-8H2,(H,16,17)/p-1. The number of carbonyl (C=O) groups excluding carboxylic acids is 2. The average Bonchev–Trinajstić information content (AvgIpc) is 2.64. The molecule has 0 aliphatic carbocycles. The largest absolute Gasteiger partial charge is 0.548 e. The Kier molecular flexibility index (Phi) is 3.72. The summed E-state index contributed by atoms with van der Waals surface area (Å²) in [4.78, 5) is 25.2.